The zero-order chi connectivity index (χ0) is 21.9. The first-order valence-corrected chi connectivity index (χ1v) is 10.6. The third kappa shape index (κ3) is 3.43. The van der Waals surface area contributed by atoms with Crippen LogP contribution in [0.25, 0.3) is 20.7 Å². The highest BCUT2D eigenvalue weighted by atomic mass is 32.1. The average Bonchev–Trinajstić information content (AvgIpc) is 3.35. The van der Waals surface area contributed by atoms with Crippen molar-refractivity contribution < 1.29 is 22.8 Å². The second-order valence-corrected chi connectivity index (χ2v) is 8.96. The van der Waals surface area contributed by atoms with Crippen molar-refractivity contribution >= 4 is 27.5 Å². The van der Waals surface area contributed by atoms with Crippen molar-refractivity contribution in [2.24, 2.45) is 5.92 Å². The Morgan fingerprint density at radius 3 is 2.65 bits per heavy atom. The van der Waals surface area contributed by atoms with Crippen LogP contribution < -0.4 is 10.4 Å². The van der Waals surface area contributed by atoms with Gasteiger partial charge in [-0.1, -0.05) is 0 Å². The normalized spacial score (nSPS) is 23.4. The molecule has 6 rings (SSSR count). The fourth-order valence-electron chi connectivity index (χ4n) is 4.38. The maximum Gasteiger partial charge on any atom is 0.493 e. The Labute approximate surface area is 177 Å². The fourth-order valence-corrected chi connectivity index (χ4v) is 5.47. The Morgan fingerprint density at radius 2 is 2.06 bits per heavy atom. The molecule has 6 heterocycles. The minimum atomic E-state index is -5.23. The number of alkyl halides is 3. The van der Waals surface area contributed by atoms with Gasteiger partial charge in [-0.3, -0.25) is 14.8 Å². The van der Waals surface area contributed by atoms with Gasteiger partial charge in [0.25, 0.3) is 0 Å². The molecule has 0 aromatic carbocycles. The topological polar surface area (TPSA) is 93.1 Å². The van der Waals surface area contributed by atoms with Gasteiger partial charge in [-0.15, -0.1) is 16.1 Å². The molecule has 12 heteroatoms. The third-order valence-electron chi connectivity index (χ3n) is 5.98. The number of nitrogens with zero attached hydrogens (tertiary/aromatic N) is 4. The summed E-state index contributed by atoms with van der Waals surface area (Å²) in [4.78, 5) is 36.7. The Kier molecular flexibility index (Phi) is 4.66. The van der Waals surface area contributed by atoms with Crippen molar-refractivity contribution in [3.05, 3.63) is 34.1 Å². The van der Waals surface area contributed by atoms with Crippen LogP contribution in [0.3, 0.4) is 0 Å². The first-order valence-electron chi connectivity index (χ1n) is 9.82. The number of rotatable bonds is 3. The maximum atomic E-state index is 13.2. The molecule has 3 aromatic rings. The molecule has 8 nitrogen and oxygen atoms in total. The van der Waals surface area contributed by atoms with E-state index in [1.165, 1.54) is 0 Å². The van der Waals surface area contributed by atoms with Gasteiger partial charge < -0.3 is 4.84 Å². The van der Waals surface area contributed by atoms with E-state index >= 15 is 0 Å². The van der Waals surface area contributed by atoms with Gasteiger partial charge in [-0.25, -0.2) is 9.78 Å². The standard InChI is InChI=1S/C19H18F3N5O3S/c1-9-11(8-23-25-9)14-7-12-15(31-14)17(28)27(30-18(29)19(20,21)22)16(24-12)13-6-10-2-4-26(13)5-3-10/h7-8,10,13H,2-6H2,1H3,(H,23,25)/t13-/m0/s1. The van der Waals surface area contributed by atoms with Crippen molar-refractivity contribution in [3.8, 4) is 10.4 Å². The molecule has 0 saturated carbocycles. The van der Waals surface area contributed by atoms with E-state index < -0.39 is 17.7 Å². The van der Waals surface area contributed by atoms with Gasteiger partial charge in [0.05, 0.1) is 17.8 Å². The lowest BCUT2D eigenvalue weighted by Crippen LogP contribution is -2.48. The molecule has 0 spiro atoms. The number of hydrogen-bond acceptors (Lipinski definition) is 7. The fraction of sp³-hybridized carbons (Fsp3) is 0.474. The molecule has 3 fully saturated rings. The van der Waals surface area contributed by atoms with E-state index in [0.717, 1.165) is 48.5 Å². The van der Waals surface area contributed by atoms with Gasteiger partial charge >= 0.3 is 17.7 Å². The van der Waals surface area contributed by atoms with Crippen LogP contribution in [0.5, 0.6) is 0 Å². The molecule has 2 bridgehead atoms. The molecule has 31 heavy (non-hydrogen) atoms. The predicted molar refractivity (Wildman–Crippen MR) is 105 cm³/mol. The smallest absolute Gasteiger partial charge is 0.323 e. The van der Waals surface area contributed by atoms with Crippen molar-refractivity contribution in [3.63, 3.8) is 0 Å². The largest absolute Gasteiger partial charge is 0.493 e. The summed E-state index contributed by atoms with van der Waals surface area (Å²) >= 11 is 1.07. The van der Waals surface area contributed by atoms with E-state index in [4.69, 9.17) is 0 Å². The van der Waals surface area contributed by atoms with E-state index in [2.05, 4.69) is 24.9 Å². The summed E-state index contributed by atoms with van der Waals surface area (Å²) in [5.74, 6) is -2.01. The van der Waals surface area contributed by atoms with Crippen LogP contribution in [0, 0.1) is 12.8 Å². The summed E-state index contributed by atoms with van der Waals surface area (Å²) in [6, 6.07) is 1.33. The zero-order valence-electron chi connectivity index (χ0n) is 16.4. The Hall–Kier alpha value is -2.73. The zero-order valence-corrected chi connectivity index (χ0v) is 17.2. The second kappa shape index (κ2) is 7.16. The number of H-pyrrole nitrogens is 1. The second-order valence-electron chi connectivity index (χ2n) is 7.91. The highest BCUT2D eigenvalue weighted by Gasteiger charge is 2.44. The number of aromatic amines is 1. The van der Waals surface area contributed by atoms with Gasteiger partial charge in [0.1, 0.15) is 4.70 Å². The van der Waals surface area contributed by atoms with Crippen molar-refractivity contribution in [2.45, 2.75) is 38.4 Å². The summed E-state index contributed by atoms with van der Waals surface area (Å²) in [5, 5.41) is 6.78. The maximum absolute atomic E-state index is 13.2. The summed E-state index contributed by atoms with van der Waals surface area (Å²) in [7, 11) is 0. The van der Waals surface area contributed by atoms with Gasteiger partial charge in [-0.2, -0.15) is 18.3 Å². The van der Waals surface area contributed by atoms with Crippen molar-refractivity contribution in [1.82, 2.24) is 24.8 Å². The average molecular weight is 453 g/mol. The van der Waals surface area contributed by atoms with Crippen LogP contribution in [0.15, 0.2) is 17.1 Å². The Morgan fingerprint density at radius 1 is 1.32 bits per heavy atom. The third-order valence-corrected chi connectivity index (χ3v) is 7.13. The molecule has 3 saturated heterocycles. The van der Waals surface area contributed by atoms with Crippen LogP contribution in [0.1, 0.15) is 36.8 Å². The molecule has 164 valence electrons. The SMILES string of the molecule is Cc1[nH]ncc1-c1cc2nc([C@@H]3CC4CCN3CC4)n(OC(=O)C(F)(F)F)c(=O)c2s1. The highest BCUT2D eigenvalue weighted by Crippen LogP contribution is 2.40. The van der Waals surface area contributed by atoms with E-state index in [1.807, 2.05) is 6.92 Å². The Bertz CT molecular complexity index is 1220. The summed E-state index contributed by atoms with van der Waals surface area (Å²) < 4.78 is 39.3. The van der Waals surface area contributed by atoms with Gasteiger partial charge in [0, 0.05) is 16.1 Å². The number of thiophene rings is 1. The van der Waals surface area contributed by atoms with E-state index in [1.54, 1.807) is 12.3 Å². The Balaban J connectivity index is 1.67. The van der Waals surface area contributed by atoms with Gasteiger partial charge in [0.2, 0.25) is 0 Å². The lowest BCUT2D eigenvalue weighted by Gasteiger charge is -2.45. The van der Waals surface area contributed by atoms with Gasteiger partial charge in [-0.05, 0) is 51.3 Å². The van der Waals surface area contributed by atoms with Crippen molar-refractivity contribution in [1.29, 1.82) is 0 Å². The number of hydrogen-bond donors (Lipinski definition) is 1. The number of fused-ring (bicyclic) bond motifs is 4. The predicted octanol–water partition coefficient (Wildman–Crippen LogP) is 2.83. The number of carbonyl (C=O) groups is 1. The molecule has 0 radical (unpaired) electrons. The molecule has 0 aliphatic carbocycles. The molecule has 1 N–H and O–H groups in total. The lowest BCUT2D eigenvalue weighted by molar-refractivity contribution is -0.201. The van der Waals surface area contributed by atoms with Crippen LogP contribution in [0.4, 0.5) is 13.2 Å². The molecule has 3 aliphatic heterocycles. The quantitative estimate of drug-likeness (QED) is 0.656. The number of halogens is 3. The number of piperidine rings is 3. The van der Waals surface area contributed by atoms with E-state index in [9.17, 15) is 22.8 Å². The number of carbonyl (C=O) groups excluding carboxylic acids is 1. The van der Waals surface area contributed by atoms with Crippen LogP contribution in [0.2, 0.25) is 0 Å². The van der Waals surface area contributed by atoms with Crippen LogP contribution in [-0.2, 0) is 4.79 Å². The molecule has 0 unspecified atom stereocenters. The monoisotopic (exact) mass is 453 g/mol. The summed E-state index contributed by atoms with van der Waals surface area (Å²) in [6.07, 6.45) is -0.984. The lowest BCUT2D eigenvalue weighted by atomic mass is 9.83. The van der Waals surface area contributed by atoms with E-state index in [-0.39, 0.29) is 16.6 Å². The number of aromatic nitrogens is 4. The van der Waals surface area contributed by atoms with Gasteiger partial charge in [0.15, 0.2) is 5.82 Å². The first kappa shape index (κ1) is 20.2. The molecular formula is C19H18F3N5O3S. The number of nitrogens with one attached hydrogen (secondary N) is 1. The minimum absolute atomic E-state index is 0.0350. The van der Waals surface area contributed by atoms with Crippen LogP contribution >= 0.6 is 11.3 Å². The molecule has 0 amide bonds. The first-order chi connectivity index (χ1) is 14.7. The number of aryl methyl sites for hydroxylation is 1. The van der Waals surface area contributed by atoms with Crippen LogP contribution in [-0.4, -0.2) is 50.0 Å². The van der Waals surface area contributed by atoms with E-state index in [0.29, 0.717) is 27.5 Å². The summed E-state index contributed by atoms with van der Waals surface area (Å²) in [5.41, 5.74) is 1.09. The molecule has 3 aliphatic rings. The molecule has 3 aromatic heterocycles. The van der Waals surface area contributed by atoms with Crippen molar-refractivity contribution in [2.75, 3.05) is 13.1 Å². The summed E-state index contributed by atoms with van der Waals surface area (Å²) in [6.45, 7) is 3.35. The minimum Gasteiger partial charge on any atom is -0.323 e. The molecular weight excluding hydrogens is 435 g/mol. The highest BCUT2D eigenvalue weighted by molar-refractivity contribution is 7.22. The molecule has 1 atom stereocenters.